The van der Waals surface area contributed by atoms with Crippen LogP contribution in [0.3, 0.4) is 0 Å². The molecule has 0 aliphatic rings. The van der Waals surface area contributed by atoms with E-state index in [-0.39, 0.29) is 22.9 Å². The maximum Gasteiger partial charge on any atom is 0.269 e. The van der Waals surface area contributed by atoms with Gasteiger partial charge in [0.25, 0.3) is 11.2 Å². The molecule has 0 amide bonds. The summed E-state index contributed by atoms with van der Waals surface area (Å²) in [4.78, 5) is 26.0. The normalized spacial score (nSPS) is 10.4. The average molecular weight is 392 g/mol. The molecule has 0 atom stereocenters. The van der Waals surface area contributed by atoms with Crippen LogP contribution in [0, 0.1) is 13.7 Å². The average Bonchev–Trinajstić information content (AvgIpc) is 2.40. The Morgan fingerprint density at radius 2 is 2.21 bits per heavy atom. The van der Waals surface area contributed by atoms with E-state index in [0.29, 0.717) is 9.13 Å². The van der Waals surface area contributed by atoms with Gasteiger partial charge in [-0.05, 0) is 28.2 Å². The molecule has 0 aliphatic heterocycles. The van der Waals surface area contributed by atoms with Gasteiger partial charge in [0.2, 0.25) is 0 Å². The second kappa shape index (κ2) is 5.66. The van der Waals surface area contributed by atoms with Crippen molar-refractivity contribution in [2.75, 3.05) is 0 Å². The minimum atomic E-state index is -0.476. The molecular weight excluding hydrogens is 384 g/mol. The molecule has 6 nitrogen and oxygen atoms in total. The van der Waals surface area contributed by atoms with Crippen LogP contribution in [0.5, 0.6) is 0 Å². The Bertz CT molecular complexity index is 702. The van der Waals surface area contributed by atoms with E-state index in [1.807, 2.05) is 22.6 Å². The number of aromatic nitrogens is 2. The van der Waals surface area contributed by atoms with E-state index >= 15 is 0 Å². The van der Waals surface area contributed by atoms with Gasteiger partial charge >= 0.3 is 0 Å². The number of non-ortho nitro benzene ring substituents is 1. The zero-order valence-electron chi connectivity index (χ0n) is 9.42. The summed E-state index contributed by atoms with van der Waals surface area (Å²) in [7, 11) is 0. The fourth-order valence-electron chi connectivity index (χ4n) is 1.52. The van der Waals surface area contributed by atoms with Crippen LogP contribution in [0.2, 0.25) is 5.15 Å². The quantitative estimate of drug-likeness (QED) is 0.348. The van der Waals surface area contributed by atoms with E-state index in [2.05, 4.69) is 4.98 Å². The van der Waals surface area contributed by atoms with E-state index in [1.165, 1.54) is 23.0 Å². The Morgan fingerprint density at radius 1 is 1.47 bits per heavy atom. The van der Waals surface area contributed by atoms with E-state index < -0.39 is 4.92 Å². The molecular formula is C11H7ClIN3O3. The summed E-state index contributed by atoms with van der Waals surface area (Å²) >= 11 is 7.55. The van der Waals surface area contributed by atoms with Gasteiger partial charge in [-0.2, -0.15) is 0 Å². The second-order valence-corrected chi connectivity index (χ2v) is 5.15. The molecule has 0 radical (unpaired) electrons. The zero-order chi connectivity index (χ0) is 14.0. The van der Waals surface area contributed by atoms with Crippen molar-refractivity contribution in [3.05, 3.63) is 65.3 Å². The number of rotatable bonds is 3. The third-order valence-corrected chi connectivity index (χ3v) is 3.99. The van der Waals surface area contributed by atoms with E-state index in [9.17, 15) is 14.9 Å². The number of hydrogen-bond acceptors (Lipinski definition) is 4. The van der Waals surface area contributed by atoms with E-state index in [0.717, 1.165) is 0 Å². The molecule has 98 valence electrons. The monoisotopic (exact) mass is 391 g/mol. The molecule has 0 spiro atoms. The maximum atomic E-state index is 11.9. The van der Waals surface area contributed by atoms with Crippen LogP contribution in [0.4, 0.5) is 5.69 Å². The van der Waals surface area contributed by atoms with Crippen molar-refractivity contribution in [3.63, 3.8) is 0 Å². The van der Waals surface area contributed by atoms with E-state index in [1.54, 1.807) is 12.1 Å². The van der Waals surface area contributed by atoms with Gasteiger partial charge in [0.1, 0.15) is 8.72 Å². The van der Waals surface area contributed by atoms with Crippen molar-refractivity contribution in [2.24, 2.45) is 0 Å². The van der Waals surface area contributed by atoms with Gasteiger partial charge in [-0.1, -0.05) is 23.7 Å². The topological polar surface area (TPSA) is 78.0 Å². The summed E-state index contributed by atoms with van der Waals surface area (Å²) in [5, 5.41) is 10.8. The van der Waals surface area contributed by atoms with Gasteiger partial charge < -0.3 is 0 Å². The highest BCUT2D eigenvalue weighted by atomic mass is 127. The summed E-state index contributed by atoms with van der Waals surface area (Å²) in [6, 6.07) is 6.11. The van der Waals surface area contributed by atoms with Crippen LogP contribution in [0.25, 0.3) is 0 Å². The summed E-state index contributed by atoms with van der Waals surface area (Å²) in [5.74, 6) is 0. The molecule has 2 aromatic rings. The molecule has 0 N–H and O–H groups in total. The van der Waals surface area contributed by atoms with E-state index in [4.69, 9.17) is 11.6 Å². The first-order valence-corrected chi connectivity index (χ1v) is 6.58. The molecule has 19 heavy (non-hydrogen) atoms. The molecule has 2 rings (SSSR count). The van der Waals surface area contributed by atoms with Crippen LogP contribution < -0.4 is 5.56 Å². The SMILES string of the molecule is O=c1c(I)c(Cl)ncn1Cc1cccc([N+](=O)[O-])c1. The predicted molar refractivity (Wildman–Crippen MR) is 78.4 cm³/mol. The van der Waals surface area contributed by atoms with Crippen molar-refractivity contribution in [1.29, 1.82) is 0 Å². The number of nitro benzene ring substituents is 1. The lowest BCUT2D eigenvalue weighted by Crippen LogP contribution is -2.23. The fraction of sp³-hybridized carbons (Fsp3) is 0.0909. The molecule has 0 unspecified atom stereocenters. The van der Waals surface area contributed by atoms with Crippen molar-refractivity contribution >= 4 is 39.9 Å². The maximum absolute atomic E-state index is 11.9. The lowest BCUT2D eigenvalue weighted by molar-refractivity contribution is -0.384. The highest BCUT2D eigenvalue weighted by Crippen LogP contribution is 2.14. The van der Waals surface area contributed by atoms with Crippen LogP contribution in [0.15, 0.2) is 35.4 Å². The predicted octanol–water partition coefficient (Wildman–Crippen LogP) is 2.46. The van der Waals surface area contributed by atoms with Crippen LogP contribution in [-0.2, 0) is 6.54 Å². The van der Waals surface area contributed by atoms with Gasteiger partial charge in [-0.25, -0.2) is 4.98 Å². The summed E-state index contributed by atoms with van der Waals surface area (Å²) in [6.45, 7) is 0.209. The van der Waals surface area contributed by atoms with Crippen molar-refractivity contribution in [3.8, 4) is 0 Å². The summed E-state index contributed by atoms with van der Waals surface area (Å²) < 4.78 is 1.68. The Hall–Kier alpha value is -1.48. The Labute approximate surface area is 126 Å². The third kappa shape index (κ3) is 3.10. The standard InChI is InChI=1S/C11H7ClIN3O3/c12-10-9(13)11(17)15(6-14-10)5-7-2-1-3-8(4-7)16(18)19/h1-4,6H,5H2. The Kier molecular flexibility index (Phi) is 4.15. The molecule has 8 heteroatoms. The first-order valence-electron chi connectivity index (χ1n) is 5.13. The van der Waals surface area contributed by atoms with Crippen LogP contribution >= 0.6 is 34.2 Å². The van der Waals surface area contributed by atoms with Crippen molar-refractivity contribution in [2.45, 2.75) is 6.54 Å². The minimum Gasteiger partial charge on any atom is -0.294 e. The molecule has 0 bridgehead atoms. The Balaban J connectivity index is 2.37. The van der Waals surface area contributed by atoms with Crippen molar-refractivity contribution in [1.82, 2.24) is 9.55 Å². The molecule has 1 heterocycles. The molecule has 0 saturated carbocycles. The molecule has 1 aromatic heterocycles. The third-order valence-electron chi connectivity index (χ3n) is 2.41. The fourth-order valence-corrected chi connectivity index (χ4v) is 2.10. The second-order valence-electron chi connectivity index (χ2n) is 3.71. The number of nitro groups is 1. The van der Waals surface area contributed by atoms with Gasteiger partial charge in [-0.3, -0.25) is 19.5 Å². The highest BCUT2D eigenvalue weighted by molar-refractivity contribution is 14.1. The summed E-state index contributed by atoms with van der Waals surface area (Å²) in [6.07, 6.45) is 1.33. The molecule has 0 saturated heterocycles. The Morgan fingerprint density at radius 3 is 2.89 bits per heavy atom. The lowest BCUT2D eigenvalue weighted by Gasteiger charge is -2.06. The first-order chi connectivity index (χ1) is 8.99. The van der Waals surface area contributed by atoms with Gasteiger partial charge in [0, 0.05) is 12.1 Å². The smallest absolute Gasteiger partial charge is 0.269 e. The first kappa shape index (κ1) is 13.9. The molecule has 0 aliphatic carbocycles. The number of benzene rings is 1. The van der Waals surface area contributed by atoms with Gasteiger partial charge in [0.15, 0.2) is 0 Å². The zero-order valence-corrected chi connectivity index (χ0v) is 12.3. The number of halogens is 2. The van der Waals surface area contributed by atoms with Crippen molar-refractivity contribution < 1.29 is 4.92 Å². The minimum absolute atomic E-state index is 0.0119. The number of nitrogens with zero attached hydrogens (tertiary/aromatic N) is 3. The number of hydrogen-bond donors (Lipinski definition) is 0. The van der Waals surface area contributed by atoms with Crippen LogP contribution in [0.1, 0.15) is 5.56 Å². The molecule has 1 aromatic carbocycles. The molecule has 0 fully saturated rings. The van der Waals surface area contributed by atoms with Gasteiger partial charge in [0.05, 0.1) is 17.8 Å². The largest absolute Gasteiger partial charge is 0.294 e. The summed E-state index contributed by atoms with van der Waals surface area (Å²) in [5.41, 5.74) is 0.366. The highest BCUT2D eigenvalue weighted by Gasteiger charge is 2.09. The van der Waals surface area contributed by atoms with Crippen LogP contribution in [-0.4, -0.2) is 14.5 Å². The lowest BCUT2D eigenvalue weighted by atomic mass is 10.2. The van der Waals surface area contributed by atoms with Gasteiger partial charge in [-0.15, -0.1) is 0 Å².